The van der Waals surface area contributed by atoms with Crippen molar-refractivity contribution < 1.29 is 13.2 Å². The smallest absolute Gasteiger partial charge is 0.192 e. The van der Waals surface area contributed by atoms with Crippen molar-refractivity contribution in [2.75, 3.05) is 0 Å². The first-order valence-electron chi connectivity index (χ1n) is 5.40. The monoisotopic (exact) mass is 315 g/mol. The lowest BCUT2D eigenvalue weighted by molar-refractivity contribution is -0.137. The predicted octanol–water partition coefficient (Wildman–Crippen LogP) is 5.55. The molecule has 102 valence electrons. The fourth-order valence-electron chi connectivity index (χ4n) is 1.84. The summed E-state index contributed by atoms with van der Waals surface area (Å²) in [5, 5.41) is 9.38. The van der Waals surface area contributed by atoms with Crippen LogP contribution in [-0.2, 0) is 6.18 Å². The van der Waals surface area contributed by atoms with Gasteiger partial charge in [0.05, 0.1) is 27.2 Å². The van der Waals surface area contributed by atoms with Crippen molar-refractivity contribution in [3.8, 4) is 17.2 Å². The van der Waals surface area contributed by atoms with Gasteiger partial charge in [0.1, 0.15) is 0 Å². The van der Waals surface area contributed by atoms with Gasteiger partial charge in [-0.05, 0) is 29.8 Å². The molecule has 0 bridgehead atoms. The Kier molecular flexibility index (Phi) is 3.94. The predicted molar refractivity (Wildman–Crippen MR) is 71.6 cm³/mol. The molecule has 0 N–H and O–H groups in total. The number of hydrogen-bond donors (Lipinski definition) is 0. The van der Waals surface area contributed by atoms with Crippen LogP contribution in [0.15, 0.2) is 36.4 Å². The number of hydrogen-bond acceptors (Lipinski definition) is 1. The van der Waals surface area contributed by atoms with Crippen LogP contribution in [0.1, 0.15) is 11.1 Å². The molecule has 0 saturated carbocycles. The average molecular weight is 316 g/mol. The van der Waals surface area contributed by atoms with E-state index >= 15 is 0 Å². The third kappa shape index (κ3) is 2.74. The van der Waals surface area contributed by atoms with Crippen molar-refractivity contribution in [2.24, 2.45) is 0 Å². The van der Waals surface area contributed by atoms with Gasteiger partial charge >= 0.3 is 6.18 Å². The van der Waals surface area contributed by atoms with Crippen LogP contribution < -0.4 is 0 Å². The number of nitriles is 1. The third-order valence-electron chi connectivity index (χ3n) is 2.70. The molecule has 2 rings (SSSR count). The van der Waals surface area contributed by atoms with Gasteiger partial charge in [-0.3, -0.25) is 0 Å². The zero-order valence-electron chi connectivity index (χ0n) is 9.80. The Hall–Kier alpha value is -1.70. The summed E-state index contributed by atoms with van der Waals surface area (Å²) in [4.78, 5) is 0. The molecule has 0 aromatic heterocycles. The van der Waals surface area contributed by atoms with Gasteiger partial charge in [0.2, 0.25) is 0 Å². The fourth-order valence-corrected chi connectivity index (χ4v) is 2.14. The average Bonchev–Trinajstić information content (AvgIpc) is 2.40. The van der Waals surface area contributed by atoms with Crippen molar-refractivity contribution in [1.29, 1.82) is 5.26 Å². The molecule has 0 spiro atoms. The van der Waals surface area contributed by atoms with E-state index < -0.39 is 11.7 Å². The molecule has 0 aliphatic rings. The first-order chi connectivity index (χ1) is 9.34. The highest BCUT2D eigenvalue weighted by Gasteiger charge is 2.34. The van der Waals surface area contributed by atoms with Crippen LogP contribution in [0, 0.1) is 11.3 Å². The summed E-state index contributed by atoms with van der Waals surface area (Å²) in [6, 6.07) is 9.33. The molecule has 0 aliphatic heterocycles. The van der Waals surface area contributed by atoms with E-state index in [0.29, 0.717) is 0 Å². The van der Waals surface area contributed by atoms with Crippen LogP contribution in [0.4, 0.5) is 13.2 Å². The lowest BCUT2D eigenvalue weighted by Gasteiger charge is -2.14. The van der Waals surface area contributed by atoms with Gasteiger partial charge < -0.3 is 0 Å². The molecule has 6 heteroatoms. The highest BCUT2D eigenvalue weighted by atomic mass is 35.5. The summed E-state index contributed by atoms with van der Waals surface area (Å²) in [5.74, 6) is 0. The van der Waals surface area contributed by atoms with Crippen LogP contribution in [0.5, 0.6) is 0 Å². The number of rotatable bonds is 1. The Morgan fingerprint density at radius 2 is 1.70 bits per heavy atom. The van der Waals surface area contributed by atoms with Crippen LogP contribution in [0.2, 0.25) is 10.0 Å². The van der Waals surface area contributed by atoms with Gasteiger partial charge in [0, 0.05) is 5.56 Å². The van der Waals surface area contributed by atoms with Crippen molar-refractivity contribution in [3.05, 3.63) is 57.6 Å². The van der Waals surface area contributed by atoms with Crippen molar-refractivity contribution >= 4 is 23.2 Å². The van der Waals surface area contributed by atoms with Crippen LogP contribution >= 0.6 is 23.2 Å². The standard InChI is InChI=1S/C14H6Cl2F3N/c15-11-5-4-8(6-12(11)16)13-9(7-20)2-1-3-10(13)14(17,18)19/h1-6H. The minimum atomic E-state index is -4.56. The molecular weight excluding hydrogens is 310 g/mol. The van der Waals surface area contributed by atoms with E-state index in [1.807, 2.05) is 0 Å². The van der Waals surface area contributed by atoms with E-state index in [2.05, 4.69) is 0 Å². The zero-order valence-corrected chi connectivity index (χ0v) is 11.3. The van der Waals surface area contributed by atoms with E-state index in [1.165, 1.54) is 30.3 Å². The summed E-state index contributed by atoms with van der Waals surface area (Å²) in [5.41, 5.74) is -0.946. The molecule has 20 heavy (non-hydrogen) atoms. The van der Waals surface area contributed by atoms with E-state index in [0.717, 1.165) is 6.07 Å². The number of alkyl halides is 3. The third-order valence-corrected chi connectivity index (χ3v) is 3.44. The van der Waals surface area contributed by atoms with Gasteiger partial charge in [0.15, 0.2) is 0 Å². The Morgan fingerprint density at radius 3 is 2.25 bits per heavy atom. The van der Waals surface area contributed by atoms with Crippen molar-refractivity contribution in [2.45, 2.75) is 6.18 Å². The molecule has 0 atom stereocenters. The molecule has 0 radical (unpaired) electrons. The first-order valence-corrected chi connectivity index (χ1v) is 6.16. The molecule has 1 nitrogen and oxygen atoms in total. The van der Waals surface area contributed by atoms with E-state index in [4.69, 9.17) is 28.5 Å². The summed E-state index contributed by atoms with van der Waals surface area (Å²) in [6.07, 6.45) is -4.56. The van der Waals surface area contributed by atoms with Crippen molar-refractivity contribution in [1.82, 2.24) is 0 Å². The van der Waals surface area contributed by atoms with Gasteiger partial charge in [-0.1, -0.05) is 35.3 Å². The van der Waals surface area contributed by atoms with Crippen LogP contribution in [0.3, 0.4) is 0 Å². The minimum Gasteiger partial charge on any atom is -0.192 e. The molecule has 0 amide bonds. The van der Waals surface area contributed by atoms with E-state index in [1.54, 1.807) is 6.07 Å². The van der Waals surface area contributed by atoms with Crippen LogP contribution in [0.25, 0.3) is 11.1 Å². The molecule has 0 saturated heterocycles. The molecule has 2 aromatic rings. The van der Waals surface area contributed by atoms with Gasteiger partial charge in [0.25, 0.3) is 0 Å². The molecule has 0 fully saturated rings. The van der Waals surface area contributed by atoms with Gasteiger partial charge in [-0.15, -0.1) is 0 Å². The minimum absolute atomic E-state index is 0.0711. The lowest BCUT2D eigenvalue weighted by Crippen LogP contribution is -2.08. The molecule has 0 heterocycles. The molecular formula is C14H6Cl2F3N. The zero-order chi connectivity index (χ0) is 14.9. The second-order valence-corrected chi connectivity index (χ2v) is 4.78. The van der Waals surface area contributed by atoms with Gasteiger partial charge in [-0.25, -0.2) is 0 Å². The van der Waals surface area contributed by atoms with Gasteiger partial charge in [-0.2, -0.15) is 18.4 Å². The second-order valence-electron chi connectivity index (χ2n) is 3.97. The highest BCUT2D eigenvalue weighted by molar-refractivity contribution is 6.42. The summed E-state index contributed by atoms with van der Waals surface area (Å²) in [6.45, 7) is 0. The first kappa shape index (κ1) is 14.7. The lowest BCUT2D eigenvalue weighted by atomic mass is 9.94. The van der Waals surface area contributed by atoms with Crippen molar-refractivity contribution in [3.63, 3.8) is 0 Å². The number of halogens is 5. The van der Waals surface area contributed by atoms with E-state index in [9.17, 15) is 13.2 Å². The SMILES string of the molecule is N#Cc1cccc(C(F)(F)F)c1-c1ccc(Cl)c(Cl)c1. The summed E-state index contributed by atoms with van der Waals surface area (Å²) < 4.78 is 39.2. The quantitative estimate of drug-likeness (QED) is 0.676. The maximum absolute atomic E-state index is 13.1. The Bertz CT molecular complexity index is 703. The Morgan fingerprint density at radius 1 is 1.00 bits per heavy atom. The summed E-state index contributed by atoms with van der Waals surface area (Å²) in [7, 11) is 0. The molecule has 0 unspecified atom stereocenters. The largest absolute Gasteiger partial charge is 0.417 e. The molecule has 0 aliphatic carbocycles. The second kappa shape index (κ2) is 5.35. The fraction of sp³-hybridized carbons (Fsp3) is 0.0714. The summed E-state index contributed by atoms with van der Waals surface area (Å²) >= 11 is 11.6. The normalized spacial score (nSPS) is 11.2. The Balaban J connectivity index is 2.78. The topological polar surface area (TPSA) is 23.8 Å². The molecule has 2 aromatic carbocycles. The highest BCUT2D eigenvalue weighted by Crippen LogP contribution is 2.40. The maximum atomic E-state index is 13.1. The Labute approximate surface area is 123 Å². The number of benzene rings is 2. The van der Waals surface area contributed by atoms with Crippen LogP contribution in [-0.4, -0.2) is 0 Å². The number of nitrogens with zero attached hydrogens (tertiary/aromatic N) is 1. The van der Waals surface area contributed by atoms with E-state index in [-0.39, 0.29) is 26.7 Å². The maximum Gasteiger partial charge on any atom is 0.417 e.